The average Bonchev–Trinajstić information content (AvgIpc) is 2.67. The fourth-order valence-corrected chi connectivity index (χ4v) is 3.03. The van der Waals surface area contributed by atoms with Crippen molar-refractivity contribution in [3.8, 4) is 0 Å². The number of benzene rings is 1. The Bertz CT molecular complexity index is 723. The van der Waals surface area contributed by atoms with Crippen LogP contribution in [0.3, 0.4) is 0 Å². The second-order valence-corrected chi connectivity index (χ2v) is 8.64. The molecule has 5 heteroatoms. The van der Waals surface area contributed by atoms with E-state index in [4.69, 9.17) is 0 Å². The lowest BCUT2D eigenvalue weighted by Gasteiger charge is -2.28. The van der Waals surface area contributed by atoms with Crippen LogP contribution in [-0.4, -0.2) is 34.5 Å². The fraction of sp³-hybridized carbons (Fsp3) is 0.500. The SMILES string of the molecule is Cc1ccc(CN(CCCCCCNc2ccccn2)C(=O)NC(C)(C)C)cc1. The Labute approximate surface area is 175 Å². The Kier molecular flexibility index (Phi) is 8.97. The van der Waals surface area contributed by atoms with Crippen molar-refractivity contribution in [1.29, 1.82) is 0 Å². The molecule has 1 heterocycles. The van der Waals surface area contributed by atoms with Crippen LogP contribution in [0.25, 0.3) is 0 Å². The molecule has 0 fully saturated rings. The summed E-state index contributed by atoms with van der Waals surface area (Å²) in [5, 5.41) is 6.44. The predicted molar refractivity (Wildman–Crippen MR) is 121 cm³/mol. The molecule has 2 amide bonds. The number of pyridine rings is 1. The van der Waals surface area contributed by atoms with Gasteiger partial charge in [0.25, 0.3) is 0 Å². The standard InChI is InChI=1S/C24H36N4O/c1-20-12-14-21(15-13-20)19-28(23(29)27-24(2,3)4)18-10-6-5-8-16-25-22-11-7-9-17-26-22/h7,9,11-15,17H,5-6,8,10,16,18-19H2,1-4H3,(H,25,26)(H,27,29). The molecule has 0 spiro atoms. The third-order valence-electron chi connectivity index (χ3n) is 4.59. The minimum absolute atomic E-state index is 0.00916. The van der Waals surface area contributed by atoms with E-state index in [9.17, 15) is 4.79 Å². The molecule has 0 aliphatic carbocycles. The van der Waals surface area contributed by atoms with E-state index in [0.717, 1.165) is 44.6 Å². The first-order chi connectivity index (χ1) is 13.8. The number of hydrogen-bond donors (Lipinski definition) is 2. The molecule has 29 heavy (non-hydrogen) atoms. The Balaban J connectivity index is 1.75. The quantitative estimate of drug-likeness (QED) is 0.531. The van der Waals surface area contributed by atoms with Crippen molar-refractivity contribution in [3.63, 3.8) is 0 Å². The largest absolute Gasteiger partial charge is 0.370 e. The maximum atomic E-state index is 12.8. The molecule has 1 aromatic carbocycles. The van der Waals surface area contributed by atoms with Crippen LogP contribution in [0.1, 0.15) is 57.6 Å². The first-order valence-corrected chi connectivity index (χ1v) is 10.6. The third-order valence-corrected chi connectivity index (χ3v) is 4.59. The van der Waals surface area contributed by atoms with Gasteiger partial charge in [-0.15, -0.1) is 0 Å². The molecule has 2 rings (SSSR count). The zero-order valence-electron chi connectivity index (χ0n) is 18.4. The maximum absolute atomic E-state index is 12.8. The number of urea groups is 1. The molecule has 5 nitrogen and oxygen atoms in total. The lowest BCUT2D eigenvalue weighted by atomic mass is 10.1. The number of carbonyl (C=O) groups excluding carboxylic acids is 1. The van der Waals surface area contributed by atoms with Crippen LogP contribution in [-0.2, 0) is 6.54 Å². The van der Waals surface area contributed by atoms with Gasteiger partial charge in [-0.3, -0.25) is 0 Å². The summed E-state index contributed by atoms with van der Waals surface area (Å²) in [6.07, 6.45) is 6.15. The highest BCUT2D eigenvalue weighted by Crippen LogP contribution is 2.11. The summed E-state index contributed by atoms with van der Waals surface area (Å²) in [5.41, 5.74) is 2.16. The monoisotopic (exact) mass is 396 g/mol. The number of aromatic nitrogens is 1. The Hall–Kier alpha value is -2.56. The van der Waals surface area contributed by atoms with Crippen molar-refractivity contribution in [2.24, 2.45) is 0 Å². The van der Waals surface area contributed by atoms with E-state index < -0.39 is 0 Å². The highest BCUT2D eigenvalue weighted by Gasteiger charge is 2.19. The van der Waals surface area contributed by atoms with Gasteiger partial charge in [0.1, 0.15) is 5.82 Å². The summed E-state index contributed by atoms with van der Waals surface area (Å²) in [6, 6.07) is 14.3. The lowest BCUT2D eigenvalue weighted by molar-refractivity contribution is 0.184. The molecule has 0 saturated heterocycles. The van der Waals surface area contributed by atoms with E-state index in [1.54, 1.807) is 6.20 Å². The summed E-state index contributed by atoms with van der Waals surface area (Å²) in [5.74, 6) is 0.927. The van der Waals surface area contributed by atoms with Gasteiger partial charge in [0.15, 0.2) is 0 Å². The average molecular weight is 397 g/mol. The van der Waals surface area contributed by atoms with Gasteiger partial charge in [0.05, 0.1) is 0 Å². The second kappa shape index (κ2) is 11.4. The van der Waals surface area contributed by atoms with Crippen LogP contribution < -0.4 is 10.6 Å². The van der Waals surface area contributed by atoms with Crippen LogP contribution in [0.15, 0.2) is 48.7 Å². The molecular formula is C24H36N4O. The van der Waals surface area contributed by atoms with Gasteiger partial charge in [-0.05, 0) is 58.2 Å². The van der Waals surface area contributed by atoms with Crippen molar-refractivity contribution in [3.05, 3.63) is 59.8 Å². The minimum atomic E-state index is -0.236. The number of anilines is 1. The number of aryl methyl sites for hydroxylation is 1. The number of rotatable bonds is 10. The van der Waals surface area contributed by atoms with Crippen molar-refractivity contribution in [2.75, 3.05) is 18.4 Å². The predicted octanol–water partition coefficient (Wildman–Crippen LogP) is 5.37. The molecule has 0 bridgehead atoms. The van der Waals surface area contributed by atoms with Crippen molar-refractivity contribution >= 4 is 11.8 Å². The Morgan fingerprint density at radius 3 is 2.38 bits per heavy atom. The van der Waals surface area contributed by atoms with E-state index in [0.29, 0.717) is 6.54 Å². The Morgan fingerprint density at radius 1 is 1.00 bits per heavy atom. The van der Waals surface area contributed by atoms with Gasteiger partial charge < -0.3 is 15.5 Å². The smallest absolute Gasteiger partial charge is 0.318 e. The van der Waals surface area contributed by atoms with Gasteiger partial charge in [-0.1, -0.05) is 48.7 Å². The second-order valence-electron chi connectivity index (χ2n) is 8.64. The van der Waals surface area contributed by atoms with Crippen LogP contribution >= 0.6 is 0 Å². The molecule has 0 saturated carbocycles. The lowest BCUT2D eigenvalue weighted by Crippen LogP contribution is -2.48. The summed E-state index contributed by atoms with van der Waals surface area (Å²) < 4.78 is 0. The topological polar surface area (TPSA) is 57.3 Å². The fourth-order valence-electron chi connectivity index (χ4n) is 3.03. The van der Waals surface area contributed by atoms with Crippen LogP contribution in [0.5, 0.6) is 0 Å². The summed E-state index contributed by atoms with van der Waals surface area (Å²) in [4.78, 5) is 19.0. The van der Waals surface area contributed by atoms with E-state index in [-0.39, 0.29) is 11.6 Å². The number of amides is 2. The van der Waals surface area contributed by atoms with E-state index in [1.807, 2.05) is 43.9 Å². The molecule has 158 valence electrons. The highest BCUT2D eigenvalue weighted by atomic mass is 16.2. The molecule has 2 aromatic rings. The van der Waals surface area contributed by atoms with Crippen molar-refractivity contribution in [2.45, 2.75) is 65.5 Å². The number of carbonyl (C=O) groups is 1. The van der Waals surface area contributed by atoms with E-state index in [2.05, 4.69) is 46.8 Å². The Morgan fingerprint density at radius 2 is 1.72 bits per heavy atom. The first kappa shape index (κ1) is 22.7. The number of nitrogens with zero attached hydrogens (tertiary/aromatic N) is 2. The molecule has 2 N–H and O–H groups in total. The molecule has 0 radical (unpaired) electrons. The van der Waals surface area contributed by atoms with Crippen LogP contribution in [0.2, 0.25) is 0 Å². The summed E-state index contributed by atoms with van der Waals surface area (Å²) in [6.45, 7) is 10.5. The third kappa shape index (κ3) is 9.46. The summed E-state index contributed by atoms with van der Waals surface area (Å²) in [7, 11) is 0. The van der Waals surface area contributed by atoms with Gasteiger partial charge in [-0.25, -0.2) is 9.78 Å². The van der Waals surface area contributed by atoms with E-state index in [1.165, 1.54) is 11.1 Å². The highest BCUT2D eigenvalue weighted by molar-refractivity contribution is 5.75. The maximum Gasteiger partial charge on any atom is 0.318 e. The molecule has 0 atom stereocenters. The van der Waals surface area contributed by atoms with E-state index >= 15 is 0 Å². The molecule has 0 aliphatic rings. The zero-order chi connectivity index (χ0) is 21.1. The molecule has 0 unspecified atom stereocenters. The summed E-state index contributed by atoms with van der Waals surface area (Å²) >= 11 is 0. The normalized spacial score (nSPS) is 11.2. The van der Waals surface area contributed by atoms with Gasteiger partial charge in [-0.2, -0.15) is 0 Å². The number of nitrogens with one attached hydrogen (secondary N) is 2. The van der Waals surface area contributed by atoms with Gasteiger partial charge in [0.2, 0.25) is 0 Å². The van der Waals surface area contributed by atoms with Gasteiger partial charge in [0, 0.05) is 31.4 Å². The molecular weight excluding hydrogens is 360 g/mol. The van der Waals surface area contributed by atoms with Crippen molar-refractivity contribution in [1.82, 2.24) is 15.2 Å². The van der Waals surface area contributed by atoms with Gasteiger partial charge >= 0.3 is 6.03 Å². The van der Waals surface area contributed by atoms with Crippen LogP contribution in [0, 0.1) is 6.92 Å². The number of hydrogen-bond acceptors (Lipinski definition) is 3. The zero-order valence-corrected chi connectivity index (χ0v) is 18.4. The number of unbranched alkanes of at least 4 members (excludes halogenated alkanes) is 3. The van der Waals surface area contributed by atoms with Crippen LogP contribution in [0.4, 0.5) is 10.6 Å². The first-order valence-electron chi connectivity index (χ1n) is 10.6. The molecule has 0 aliphatic heterocycles. The molecule has 1 aromatic heterocycles. The van der Waals surface area contributed by atoms with Crippen molar-refractivity contribution < 1.29 is 4.79 Å². The minimum Gasteiger partial charge on any atom is -0.370 e.